The van der Waals surface area contributed by atoms with Crippen LogP contribution in [0.3, 0.4) is 0 Å². The van der Waals surface area contributed by atoms with Crippen LogP contribution in [-0.4, -0.2) is 9.55 Å². The smallest absolute Gasteiger partial charge is 0.328 e. The fourth-order valence-corrected chi connectivity index (χ4v) is 2.47. The summed E-state index contributed by atoms with van der Waals surface area (Å²) in [6.45, 7) is 0.895. The zero-order valence-corrected chi connectivity index (χ0v) is 10.2. The van der Waals surface area contributed by atoms with Crippen LogP contribution in [0.5, 0.6) is 0 Å². The standard InChI is InChI=1S/C14H13F3N2/c15-14(16,17)11-6-4-10(5-7-11)13-18-9-12-3-1-2-8-19(12)13/h4-7,9H,1-3,8H2. The van der Waals surface area contributed by atoms with Crippen LogP contribution in [0.15, 0.2) is 30.5 Å². The SMILES string of the molecule is FC(F)(F)c1ccc(-c2ncc3n2CCCC3)cc1. The predicted molar refractivity (Wildman–Crippen MR) is 65.6 cm³/mol. The first-order chi connectivity index (χ1) is 9.05. The lowest BCUT2D eigenvalue weighted by molar-refractivity contribution is -0.137. The van der Waals surface area contributed by atoms with Crippen molar-refractivity contribution in [3.05, 3.63) is 41.7 Å². The number of hydrogen-bond donors (Lipinski definition) is 0. The van der Waals surface area contributed by atoms with Crippen LogP contribution in [-0.2, 0) is 19.1 Å². The molecule has 1 aliphatic rings. The van der Waals surface area contributed by atoms with Crippen LogP contribution < -0.4 is 0 Å². The van der Waals surface area contributed by atoms with Crippen LogP contribution in [0.4, 0.5) is 13.2 Å². The Morgan fingerprint density at radius 2 is 1.79 bits per heavy atom. The summed E-state index contributed by atoms with van der Waals surface area (Å²) >= 11 is 0. The Balaban J connectivity index is 1.97. The Bertz CT molecular complexity index is 582. The van der Waals surface area contributed by atoms with Crippen molar-refractivity contribution in [3.8, 4) is 11.4 Å². The van der Waals surface area contributed by atoms with E-state index in [9.17, 15) is 13.2 Å². The number of hydrogen-bond acceptors (Lipinski definition) is 1. The number of rotatable bonds is 1. The summed E-state index contributed by atoms with van der Waals surface area (Å²) in [4.78, 5) is 4.34. The van der Waals surface area contributed by atoms with Gasteiger partial charge in [0, 0.05) is 24.0 Å². The highest BCUT2D eigenvalue weighted by Crippen LogP contribution is 2.31. The van der Waals surface area contributed by atoms with E-state index >= 15 is 0 Å². The van der Waals surface area contributed by atoms with Gasteiger partial charge in [-0.2, -0.15) is 13.2 Å². The van der Waals surface area contributed by atoms with Gasteiger partial charge in [0.2, 0.25) is 0 Å². The maximum atomic E-state index is 12.5. The lowest BCUT2D eigenvalue weighted by Crippen LogP contribution is -2.10. The van der Waals surface area contributed by atoms with Gasteiger partial charge in [-0.15, -0.1) is 0 Å². The zero-order valence-electron chi connectivity index (χ0n) is 10.2. The normalized spacial score (nSPS) is 15.3. The molecular formula is C14H13F3N2. The lowest BCUT2D eigenvalue weighted by atomic mass is 10.1. The minimum atomic E-state index is -4.29. The first kappa shape index (κ1) is 12.3. The molecule has 5 heteroatoms. The molecule has 1 aromatic heterocycles. The summed E-state index contributed by atoms with van der Waals surface area (Å²) in [5, 5.41) is 0. The summed E-state index contributed by atoms with van der Waals surface area (Å²) in [6.07, 6.45) is 0.777. The number of aromatic nitrogens is 2. The number of halogens is 3. The molecule has 0 radical (unpaired) electrons. The Hall–Kier alpha value is -1.78. The van der Waals surface area contributed by atoms with Crippen molar-refractivity contribution < 1.29 is 13.2 Å². The van der Waals surface area contributed by atoms with Crippen molar-refractivity contribution >= 4 is 0 Å². The third kappa shape index (κ3) is 2.25. The third-order valence-electron chi connectivity index (χ3n) is 3.47. The van der Waals surface area contributed by atoms with Gasteiger partial charge < -0.3 is 4.57 Å². The van der Waals surface area contributed by atoms with Crippen LogP contribution >= 0.6 is 0 Å². The fraction of sp³-hybridized carbons (Fsp3) is 0.357. The van der Waals surface area contributed by atoms with Gasteiger partial charge in [0.25, 0.3) is 0 Å². The second-order valence-electron chi connectivity index (χ2n) is 4.76. The fourth-order valence-electron chi connectivity index (χ4n) is 2.47. The largest absolute Gasteiger partial charge is 0.416 e. The Labute approximate surface area is 108 Å². The molecule has 1 aromatic carbocycles. The molecule has 0 amide bonds. The Kier molecular flexibility index (Phi) is 2.84. The van der Waals surface area contributed by atoms with E-state index in [1.54, 1.807) is 0 Å². The van der Waals surface area contributed by atoms with Crippen molar-refractivity contribution in [2.75, 3.05) is 0 Å². The summed E-state index contributed by atoms with van der Waals surface area (Å²) in [5.74, 6) is 0.767. The highest BCUT2D eigenvalue weighted by Gasteiger charge is 2.30. The van der Waals surface area contributed by atoms with Crippen molar-refractivity contribution in [1.82, 2.24) is 9.55 Å². The molecule has 100 valence electrons. The van der Waals surface area contributed by atoms with Crippen LogP contribution in [0.25, 0.3) is 11.4 Å². The number of aryl methyl sites for hydroxylation is 1. The Morgan fingerprint density at radius 1 is 1.05 bits per heavy atom. The second kappa shape index (κ2) is 4.40. The summed E-state index contributed by atoms with van der Waals surface area (Å²) < 4.78 is 39.6. The quantitative estimate of drug-likeness (QED) is 0.765. The van der Waals surface area contributed by atoms with Gasteiger partial charge >= 0.3 is 6.18 Å². The Morgan fingerprint density at radius 3 is 2.47 bits per heavy atom. The second-order valence-corrected chi connectivity index (χ2v) is 4.76. The molecule has 0 saturated carbocycles. The molecule has 0 aliphatic carbocycles. The van der Waals surface area contributed by atoms with E-state index in [1.807, 2.05) is 6.20 Å². The highest BCUT2D eigenvalue weighted by atomic mass is 19.4. The number of nitrogens with zero attached hydrogens (tertiary/aromatic N) is 2. The summed E-state index contributed by atoms with van der Waals surface area (Å²) in [6, 6.07) is 5.21. The van der Waals surface area contributed by atoms with Gasteiger partial charge in [0.05, 0.1) is 5.56 Å². The molecule has 0 unspecified atom stereocenters. The van der Waals surface area contributed by atoms with E-state index in [4.69, 9.17) is 0 Å². The van der Waals surface area contributed by atoms with E-state index in [-0.39, 0.29) is 0 Å². The monoisotopic (exact) mass is 266 g/mol. The van der Waals surface area contributed by atoms with E-state index in [0.717, 1.165) is 49.3 Å². The van der Waals surface area contributed by atoms with Gasteiger partial charge in [-0.25, -0.2) is 4.98 Å². The molecule has 2 heterocycles. The summed E-state index contributed by atoms with van der Waals surface area (Å²) in [5.41, 5.74) is 1.28. The maximum Gasteiger partial charge on any atom is 0.416 e. The van der Waals surface area contributed by atoms with Gasteiger partial charge in [-0.05, 0) is 31.4 Å². The average Bonchev–Trinajstić information content (AvgIpc) is 2.82. The molecule has 1 aliphatic heterocycles. The lowest BCUT2D eigenvalue weighted by Gasteiger charge is -2.16. The third-order valence-corrected chi connectivity index (χ3v) is 3.47. The summed E-state index contributed by atoms with van der Waals surface area (Å²) in [7, 11) is 0. The molecule has 0 fully saturated rings. The molecule has 0 N–H and O–H groups in total. The van der Waals surface area contributed by atoms with E-state index in [2.05, 4.69) is 9.55 Å². The minimum absolute atomic E-state index is 0.623. The molecule has 0 atom stereocenters. The van der Waals surface area contributed by atoms with Gasteiger partial charge in [-0.1, -0.05) is 12.1 Å². The first-order valence-corrected chi connectivity index (χ1v) is 6.28. The minimum Gasteiger partial charge on any atom is -0.328 e. The molecule has 2 nitrogen and oxygen atoms in total. The number of benzene rings is 1. The van der Waals surface area contributed by atoms with Gasteiger partial charge in [-0.3, -0.25) is 0 Å². The molecule has 2 aromatic rings. The zero-order chi connectivity index (χ0) is 13.5. The molecule has 0 bridgehead atoms. The van der Waals surface area contributed by atoms with Crippen molar-refractivity contribution in [2.45, 2.75) is 32.0 Å². The number of imidazole rings is 1. The number of alkyl halides is 3. The molecule has 19 heavy (non-hydrogen) atoms. The molecular weight excluding hydrogens is 253 g/mol. The topological polar surface area (TPSA) is 17.8 Å². The van der Waals surface area contributed by atoms with Crippen molar-refractivity contribution in [3.63, 3.8) is 0 Å². The van der Waals surface area contributed by atoms with Gasteiger partial charge in [0.15, 0.2) is 0 Å². The van der Waals surface area contributed by atoms with E-state index in [1.165, 1.54) is 17.8 Å². The van der Waals surface area contributed by atoms with Crippen LogP contribution in [0, 0.1) is 0 Å². The number of fused-ring (bicyclic) bond motifs is 1. The van der Waals surface area contributed by atoms with E-state index < -0.39 is 11.7 Å². The average molecular weight is 266 g/mol. The first-order valence-electron chi connectivity index (χ1n) is 6.28. The van der Waals surface area contributed by atoms with Crippen molar-refractivity contribution in [1.29, 1.82) is 0 Å². The molecule has 0 spiro atoms. The predicted octanol–water partition coefficient (Wildman–Crippen LogP) is 3.91. The molecule has 0 saturated heterocycles. The van der Waals surface area contributed by atoms with E-state index in [0.29, 0.717) is 0 Å². The van der Waals surface area contributed by atoms with Crippen LogP contribution in [0.2, 0.25) is 0 Å². The maximum absolute atomic E-state index is 12.5. The molecule has 3 rings (SSSR count). The van der Waals surface area contributed by atoms with Crippen molar-refractivity contribution in [2.24, 2.45) is 0 Å². The highest BCUT2D eigenvalue weighted by molar-refractivity contribution is 5.57. The van der Waals surface area contributed by atoms with Crippen LogP contribution in [0.1, 0.15) is 24.1 Å². The van der Waals surface area contributed by atoms with Gasteiger partial charge in [0.1, 0.15) is 5.82 Å².